The van der Waals surface area contributed by atoms with Crippen molar-refractivity contribution in [1.82, 2.24) is 4.98 Å². The smallest absolute Gasteiger partial charge is 0.0299 e. The van der Waals surface area contributed by atoms with Gasteiger partial charge in [-0.2, -0.15) is 0 Å². The van der Waals surface area contributed by atoms with E-state index in [0.717, 1.165) is 11.8 Å². The molecular weight excluding hydrogens is 182 g/mol. The predicted molar refractivity (Wildman–Crippen MR) is 65.8 cm³/mol. The third-order valence-electron chi connectivity index (χ3n) is 2.75. The number of aromatic nitrogens is 1. The lowest BCUT2D eigenvalue weighted by atomic mass is 9.88. The molecule has 1 aromatic heterocycles. The Balaban J connectivity index is 2.50. The van der Waals surface area contributed by atoms with Gasteiger partial charge in [-0.05, 0) is 36.3 Å². The molecule has 1 unspecified atom stereocenters. The van der Waals surface area contributed by atoms with Gasteiger partial charge in [-0.15, -0.1) is 0 Å². The molecule has 0 aliphatic carbocycles. The van der Waals surface area contributed by atoms with Gasteiger partial charge in [-0.3, -0.25) is 4.98 Å². The molecule has 0 saturated heterocycles. The molecule has 1 rings (SSSR count). The van der Waals surface area contributed by atoms with Crippen LogP contribution in [-0.2, 0) is 6.42 Å². The van der Waals surface area contributed by atoms with Gasteiger partial charge in [0.1, 0.15) is 0 Å². The van der Waals surface area contributed by atoms with Crippen LogP contribution in [-0.4, -0.2) is 4.98 Å². The fourth-order valence-corrected chi connectivity index (χ4v) is 2.23. The van der Waals surface area contributed by atoms with E-state index in [1.807, 2.05) is 18.5 Å². The highest BCUT2D eigenvalue weighted by Gasteiger charge is 2.10. The first-order valence-corrected chi connectivity index (χ1v) is 6.11. The zero-order chi connectivity index (χ0) is 11.1. The highest BCUT2D eigenvalue weighted by molar-refractivity contribution is 5.09. The van der Waals surface area contributed by atoms with Crippen molar-refractivity contribution < 1.29 is 0 Å². The molecule has 0 spiro atoms. The van der Waals surface area contributed by atoms with E-state index >= 15 is 0 Å². The summed E-state index contributed by atoms with van der Waals surface area (Å²) in [7, 11) is 0. The maximum atomic E-state index is 4.18. The minimum Gasteiger partial charge on any atom is -0.264 e. The van der Waals surface area contributed by atoms with Crippen molar-refractivity contribution >= 4 is 0 Å². The van der Waals surface area contributed by atoms with Gasteiger partial charge in [0, 0.05) is 12.4 Å². The van der Waals surface area contributed by atoms with Gasteiger partial charge in [-0.1, -0.05) is 39.7 Å². The summed E-state index contributed by atoms with van der Waals surface area (Å²) in [5, 5.41) is 0. The molecule has 1 heterocycles. The second-order valence-electron chi connectivity index (χ2n) is 4.85. The molecule has 0 N–H and O–H groups in total. The fraction of sp³-hybridized carbons (Fsp3) is 0.643. The Morgan fingerprint density at radius 3 is 2.67 bits per heavy atom. The Hall–Kier alpha value is -0.850. The van der Waals surface area contributed by atoms with E-state index in [9.17, 15) is 0 Å². The molecule has 0 amide bonds. The molecule has 0 bridgehead atoms. The van der Waals surface area contributed by atoms with E-state index in [0.29, 0.717) is 0 Å². The quantitative estimate of drug-likeness (QED) is 0.681. The van der Waals surface area contributed by atoms with Crippen molar-refractivity contribution in [2.24, 2.45) is 11.8 Å². The van der Waals surface area contributed by atoms with Crippen molar-refractivity contribution in [3.05, 3.63) is 30.1 Å². The van der Waals surface area contributed by atoms with Crippen LogP contribution in [0.3, 0.4) is 0 Å². The predicted octanol–water partition coefficient (Wildman–Crippen LogP) is 4.09. The summed E-state index contributed by atoms with van der Waals surface area (Å²) in [6.45, 7) is 6.90. The Bertz CT molecular complexity index is 253. The molecule has 1 nitrogen and oxygen atoms in total. The average molecular weight is 205 g/mol. The first kappa shape index (κ1) is 12.2. The van der Waals surface area contributed by atoms with Gasteiger partial charge in [0.2, 0.25) is 0 Å². The molecule has 1 aromatic rings. The maximum absolute atomic E-state index is 4.18. The molecule has 84 valence electrons. The van der Waals surface area contributed by atoms with Gasteiger partial charge in [0.15, 0.2) is 0 Å². The van der Waals surface area contributed by atoms with Gasteiger partial charge in [0.25, 0.3) is 0 Å². The summed E-state index contributed by atoms with van der Waals surface area (Å²) in [5.41, 5.74) is 1.39. The van der Waals surface area contributed by atoms with E-state index in [1.165, 1.54) is 31.2 Å². The summed E-state index contributed by atoms with van der Waals surface area (Å²) >= 11 is 0. The molecule has 0 saturated carbocycles. The minimum atomic E-state index is 0.804. The van der Waals surface area contributed by atoms with E-state index in [4.69, 9.17) is 0 Å². The minimum absolute atomic E-state index is 0.804. The molecule has 0 aliphatic rings. The third-order valence-corrected chi connectivity index (χ3v) is 2.75. The average Bonchev–Trinajstić information content (AvgIpc) is 2.18. The van der Waals surface area contributed by atoms with Crippen LogP contribution in [0.5, 0.6) is 0 Å². The molecule has 1 atom stereocenters. The zero-order valence-corrected chi connectivity index (χ0v) is 10.2. The zero-order valence-electron chi connectivity index (χ0n) is 10.2. The molecule has 0 aromatic carbocycles. The van der Waals surface area contributed by atoms with Crippen LogP contribution >= 0.6 is 0 Å². The summed E-state index contributed by atoms with van der Waals surface area (Å²) in [5.74, 6) is 1.64. The fourth-order valence-electron chi connectivity index (χ4n) is 2.23. The SMILES string of the molecule is CCCC(Cc1cccnc1)CC(C)C. The lowest BCUT2D eigenvalue weighted by Crippen LogP contribution is -2.08. The number of pyridine rings is 1. The number of hydrogen-bond donors (Lipinski definition) is 0. The van der Waals surface area contributed by atoms with Crippen molar-refractivity contribution in [3.8, 4) is 0 Å². The third kappa shape index (κ3) is 4.96. The summed E-state index contributed by atoms with van der Waals surface area (Å²) in [6, 6.07) is 4.23. The second kappa shape index (κ2) is 6.60. The van der Waals surface area contributed by atoms with Crippen LogP contribution in [0.25, 0.3) is 0 Å². The van der Waals surface area contributed by atoms with Crippen LogP contribution in [0.15, 0.2) is 24.5 Å². The first-order chi connectivity index (χ1) is 7.22. The van der Waals surface area contributed by atoms with Gasteiger partial charge in [-0.25, -0.2) is 0 Å². The molecule has 0 fully saturated rings. The van der Waals surface area contributed by atoms with Gasteiger partial charge >= 0.3 is 0 Å². The highest BCUT2D eigenvalue weighted by atomic mass is 14.6. The van der Waals surface area contributed by atoms with E-state index < -0.39 is 0 Å². The van der Waals surface area contributed by atoms with Crippen molar-refractivity contribution in [3.63, 3.8) is 0 Å². The maximum Gasteiger partial charge on any atom is 0.0299 e. The summed E-state index contributed by atoms with van der Waals surface area (Å²) in [6.07, 6.45) is 9.01. The Morgan fingerprint density at radius 2 is 2.13 bits per heavy atom. The molecule has 0 aliphatic heterocycles. The highest BCUT2D eigenvalue weighted by Crippen LogP contribution is 2.21. The first-order valence-electron chi connectivity index (χ1n) is 6.11. The largest absolute Gasteiger partial charge is 0.264 e. The lowest BCUT2D eigenvalue weighted by Gasteiger charge is -2.18. The lowest BCUT2D eigenvalue weighted by molar-refractivity contribution is 0.380. The van der Waals surface area contributed by atoms with E-state index in [2.05, 4.69) is 31.8 Å². The summed E-state index contributed by atoms with van der Waals surface area (Å²) in [4.78, 5) is 4.18. The molecule has 0 radical (unpaired) electrons. The van der Waals surface area contributed by atoms with Crippen LogP contribution in [0.2, 0.25) is 0 Å². The Labute approximate surface area is 93.9 Å². The molecule has 15 heavy (non-hydrogen) atoms. The van der Waals surface area contributed by atoms with Crippen molar-refractivity contribution in [1.29, 1.82) is 0 Å². The van der Waals surface area contributed by atoms with Crippen LogP contribution in [0, 0.1) is 11.8 Å². The molecular formula is C14H23N. The monoisotopic (exact) mass is 205 g/mol. The second-order valence-corrected chi connectivity index (χ2v) is 4.85. The van der Waals surface area contributed by atoms with E-state index in [-0.39, 0.29) is 0 Å². The van der Waals surface area contributed by atoms with Crippen LogP contribution < -0.4 is 0 Å². The Morgan fingerprint density at radius 1 is 1.33 bits per heavy atom. The van der Waals surface area contributed by atoms with Gasteiger partial charge in [0.05, 0.1) is 0 Å². The number of nitrogens with zero attached hydrogens (tertiary/aromatic N) is 1. The number of hydrogen-bond acceptors (Lipinski definition) is 1. The van der Waals surface area contributed by atoms with Crippen molar-refractivity contribution in [2.45, 2.75) is 46.5 Å². The Kier molecular flexibility index (Phi) is 5.38. The van der Waals surface area contributed by atoms with E-state index in [1.54, 1.807) is 0 Å². The topological polar surface area (TPSA) is 12.9 Å². The van der Waals surface area contributed by atoms with Crippen LogP contribution in [0.4, 0.5) is 0 Å². The normalized spacial score (nSPS) is 13.1. The number of rotatable bonds is 6. The van der Waals surface area contributed by atoms with Gasteiger partial charge < -0.3 is 0 Å². The standard InChI is InChI=1S/C14H23N/c1-4-6-13(9-12(2)3)10-14-7-5-8-15-11-14/h5,7-8,11-13H,4,6,9-10H2,1-3H3. The summed E-state index contributed by atoms with van der Waals surface area (Å²) < 4.78 is 0. The molecule has 1 heteroatoms. The van der Waals surface area contributed by atoms with Crippen LogP contribution in [0.1, 0.15) is 45.6 Å². The van der Waals surface area contributed by atoms with Crippen molar-refractivity contribution in [2.75, 3.05) is 0 Å².